The highest BCUT2D eigenvalue weighted by Gasteiger charge is 2.38. The van der Waals surface area contributed by atoms with E-state index in [0.29, 0.717) is 12.0 Å². The van der Waals surface area contributed by atoms with Gasteiger partial charge in [-0.25, -0.2) is 0 Å². The van der Waals surface area contributed by atoms with Crippen molar-refractivity contribution >= 4 is 5.91 Å². The molecule has 0 saturated carbocycles. The number of nitrogens with two attached hydrogens (primary N) is 1. The predicted molar refractivity (Wildman–Crippen MR) is 134 cm³/mol. The van der Waals surface area contributed by atoms with Crippen molar-refractivity contribution in [3.05, 3.63) is 143 Å². The molecule has 0 heterocycles. The van der Waals surface area contributed by atoms with Gasteiger partial charge in [0, 0.05) is 16.5 Å². The molecule has 0 aliphatic carbocycles. The Morgan fingerprint density at radius 3 is 1.58 bits per heavy atom. The molecular formula is C30H26N2O. The molecule has 4 rings (SSSR count). The minimum absolute atomic E-state index is 0.228. The van der Waals surface area contributed by atoms with Crippen LogP contribution in [0.1, 0.15) is 39.0 Å². The van der Waals surface area contributed by atoms with Gasteiger partial charge >= 0.3 is 0 Å². The van der Waals surface area contributed by atoms with Gasteiger partial charge in [-0.05, 0) is 47.4 Å². The molecule has 3 nitrogen and oxygen atoms in total. The van der Waals surface area contributed by atoms with Gasteiger partial charge in [0.2, 0.25) is 0 Å². The van der Waals surface area contributed by atoms with Crippen LogP contribution in [0.3, 0.4) is 0 Å². The second-order valence-corrected chi connectivity index (χ2v) is 8.01. The number of nitrogens with one attached hydrogen (secondary N) is 1. The summed E-state index contributed by atoms with van der Waals surface area (Å²) >= 11 is 0. The second kappa shape index (κ2) is 9.99. The molecule has 162 valence electrons. The van der Waals surface area contributed by atoms with E-state index in [2.05, 4.69) is 47.6 Å². The van der Waals surface area contributed by atoms with E-state index in [0.717, 1.165) is 22.3 Å². The van der Waals surface area contributed by atoms with Crippen LogP contribution in [0.25, 0.3) is 0 Å². The van der Waals surface area contributed by atoms with Crippen molar-refractivity contribution in [3.63, 3.8) is 0 Å². The number of rotatable bonds is 7. The van der Waals surface area contributed by atoms with Crippen molar-refractivity contribution in [2.45, 2.75) is 18.0 Å². The van der Waals surface area contributed by atoms with Gasteiger partial charge < -0.3 is 11.1 Å². The van der Waals surface area contributed by atoms with E-state index in [1.165, 1.54) is 0 Å². The van der Waals surface area contributed by atoms with Gasteiger partial charge in [-0.15, -0.1) is 6.42 Å². The summed E-state index contributed by atoms with van der Waals surface area (Å²) in [7, 11) is 0. The Morgan fingerprint density at radius 2 is 1.18 bits per heavy atom. The molecule has 4 aromatic carbocycles. The highest BCUT2D eigenvalue weighted by molar-refractivity contribution is 5.94. The highest BCUT2D eigenvalue weighted by atomic mass is 16.1. The summed E-state index contributed by atoms with van der Waals surface area (Å²) in [5.41, 5.74) is 10.7. The first-order chi connectivity index (χ1) is 16.1. The first kappa shape index (κ1) is 22.1. The van der Waals surface area contributed by atoms with Crippen LogP contribution < -0.4 is 11.1 Å². The van der Waals surface area contributed by atoms with E-state index in [9.17, 15) is 4.79 Å². The SMILES string of the molecule is C#Cc1ccc(C(=O)NC(N)CC(c2ccccc2)(c2ccccc2)c2ccccc2)cc1. The zero-order chi connectivity index (χ0) is 23.1. The second-order valence-electron chi connectivity index (χ2n) is 8.01. The number of benzene rings is 4. The predicted octanol–water partition coefficient (Wildman–Crippen LogP) is 5.11. The van der Waals surface area contributed by atoms with Crippen LogP contribution in [0, 0.1) is 12.3 Å². The smallest absolute Gasteiger partial charge is 0.252 e. The molecule has 0 aliphatic heterocycles. The Kier molecular flexibility index (Phi) is 6.69. The lowest BCUT2D eigenvalue weighted by Gasteiger charge is -2.38. The summed E-state index contributed by atoms with van der Waals surface area (Å²) in [5, 5.41) is 2.99. The summed E-state index contributed by atoms with van der Waals surface area (Å²) in [6.45, 7) is 0. The van der Waals surface area contributed by atoms with Gasteiger partial charge in [0.25, 0.3) is 5.91 Å². The Morgan fingerprint density at radius 1 is 0.758 bits per heavy atom. The van der Waals surface area contributed by atoms with E-state index < -0.39 is 11.6 Å². The molecule has 0 fully saturated rings. The van der Waals surface area contributed by atoms with Gasteiger partial charge in [-0.3, -0.25) is 4.79 Å². The average molecular weight is 431 g/mol. The number of carbonyl (C=O) groups is 1. The third-order valence-corrected chi connectivity index (χ3v) is 5.96. The fourth-order valence-electron chi connectivity index (χ4n) is 4.37. The average Bonchev–Trinajstić information content (AvgIpc) is 2.89. The maximum atomic E-state index is 12.9. The molecule has 33 heavy (non-hydrogen) atoms. The van der Waals surface area contributed by atoms with Crippen molar-refractivity contribution in [2.24, 2.45) is 5.73 Å². The molecule has 1 atom stereocenters. The molecule has 0 aliphatic rings. The Bertz CT molecular complexity index is 1130. The maximum absolute atomic E-state index is 12.9. The number of amides is 1. The molecule has 0 aromatic heterocycles. The Hall–Kier alpha value is -4.13. The third-order valence-electron chi connectivity index (χ3n) is 5.96. The molecule has 0 saturated heterocycles. The first-order valence-corrected chi connectivity index (χ1v) is 10.9. The molecule has 0 radical (unpaired) electrons. The van der Waals surface area contributed by atoms with E-state index in [1.807, 2.05) is 54.6 Å². The number of hydrogen-bond donors (Lipinski definition) is 2. The van der Waals surface area contributed by atoms with Crippen molar-refractivity contribution in [2.75, 3.05) is 0 Å². The van der Waals surface area contributed by atoms with Crippen molar-refractivity contribution in [3.8, 4) is 12.3 Å². The molecule has 1 amide bonds. The van der Waals surface area contributed by atoms with Gasteiger partial charge in [0.1, 0.15) is 0 Å². The largest absolute Gasteiger partial charge is 0.337 e. The van der Waals surface area contributed by atoms with Crippen LogP contribution in [-0.2, 0) is 5.41 Å². The van der Waals surface area contributed by atoms with Crippen LogP contribution in [0.5, 0.6) is 0 Å². The molecule has 0 bridgehead atoms. The number of hydrogen-bond acceptors (Lipinski definition) is 2. The fourth-order valence-corrected chi connectivity index (χ4v) is 4.37. The fraction of sp³-hybridized carbons (Fsp3) is 0.100. The minimum atomic E-state index is -0.592. The molecule has 0 spiro atoms. The standard InChI is InChI=1S/C30H26N2O/c1-2-23-18-20-24(21-19-23)29(33)32-28(31)22-30(25-12-6-3-7-13-25,26-14-8-4-9-15-26)27-16-10-5-11-17-27/h1,3-21,28H,22,31H2,(H,32,33). The Labute approximate surface area is 195 Å². The van der Waals surface area contributed by atoms with Gasteiger partial charge in [-0.2, -0.15) is 0 Å². The van der Waals surface area contributed by atoms with Crippen LogP contribution in [0.2, 0.25) is 0 Å². The van der Waals surface area contributed by atoms with Gasteiger partial charge in [0.15, 0.2) is 0 Å². The van der Waals surface area contributed by atoms with E-state index in [-0.39, 0.29) is 5.91 Å². The molecule has 3 heteroatoms. The summed E-state index contributed by atoms with van der Waals surface area (Å²) in [6, 6.07) is 37.9. The van der Waals surface area contributed by atoms with E-state index >= 15 is 0 Å². The van der Waals surface area contributed by atoms with Crippen LogP contribution in [0.15, 0.2) is 115 Å². The topological polar surface area (TPSA) is 55.1 Å². The van der Waals surface area contributed by atoms with Crippen molar-refractivity contribution < 1.29 is 4.79 Å². The zero-order valence-electron chi connectivity index (χ0n) is 18.3. The normalized spacial score (nSPS) is 11.9. The lowest BCUT2D eigenvalue weighted by Crippen LogP contribution is -2.47. The van der Waals surface area contributed by atoms with Crippen molar-refractivity contribution in [1.29, 1.82) is 0 Å². The van der Waals surface area contributed by atoms with Crippen LogP contribution in [0.4, 0.5) is 0 Å². The third kappa shape index (κ3) is 4.72. The van der Waals surface area contributed by atoms with Crippen LogP contribution >= 0.6 is 0 Å². The summed E-state index contributed by atoms with van der Waals surface area (Å²) in [5.74, 6) is 2.34. The molecule has 1 unspecified atom stereocenters. The summed E-state index contributed by atoms with van der Waals surface area (Å²) in [6.07, 6.45) is 5.31. The van der Waals surface area contributed by atoms with Gasteiger partial charge in [-0.1, -0.05) is 96.9 Å². The minimum Gasteiger partial charge on any atom is -0.337 e. The van der Waals surface area contributed by atoms with E-state index in [4.69, 9.17) is 12.2 Å². The number of terminal acetylenes is 1. The zero-order valence-corrected chi connectivity index (χ0v) is 18.3. The van der Waals surface area contributed by atoms with Crippen LogP contribution in [-0.4, -0.2) is 12.1 Å². The first-order valence-electron chi connectivity index (χ1n) is 10.9. The lowest BCUT2D eigenvalue weighted by molar-refractivity contribution is 0.0933. The number of carbonyl (C=O) groups excluding carboxylic acids is 1. The highest BCUT2D eigenvalue weighted by Crippen LogP contribution is 2.42. The van der Waals surface area contributed by atoms with Gasteiger partial charge in [0.05, 0.1) is 6.17 Å². The maximum Gasteiger partial charge on any atom is 0.252 e. The molecular weight excluding hydrogens is 404 g/mol. The molecule has 4 aromatic rings. The summed E-state index contributed by atoms with van der Waals surface area (Å²) < 4.78 is 0. The van der Waals surface area contributed by atoms with E-state index in [1.54, 1.807) is 24.3 Å². The summed E-state index contributed by atoms with van der Waals surface area (Å²) in [4.78, 5) is 12.9. The quantitative estimate of drug-likeness (QED) is 0.243. The van der Waals surface area contributed by atoms with Crippen molar-refractivity contribution in [1.82, 2.24) is 5.32 Å². The Balaban J connectivity index is 1.73. The monoisotopic (exact) mass is 430 g/mol. The molecule has 3 N–H and O–H groups in total. The lowest BCUT2D eigenvalue weighted by atomic mass is 9.66.